The Bertz CT molecular complexity index is 966. The van der Waals surface area contributed by atoms with Crippen LogP contribution >= 0.6 is 0 Å². The quantitative estimate of drug-likeness (QED) is 0.242. The summed E-state index contributed by atoms with van der Waals surface area (Å²) in [5, 5.41) is 8.35. The van der Waals surface area contributed by atoms with Gasteiger partial charge in [0.25, 0.3) is 11.8 Å². The molecule has 0 spiro atoms. The van der Waals surface area contributed by atoms with E-state index in [2.05, 4.69) is 27.9 Å². The molecular formula is C24H30FN5O3. The Morgan fingerprint density at radius 3 is 2.61 bits per heavy atom. The van der Waals surface area contributed by atoms with Gasteiger partial charge in [-0.15, -0.1) is 0 Å². The average Bonchev–Trinajstić information content (AvgIpc) is 2.84. The normalized spacial score (nSPS) is 10.9. The number of nitrogens with zero attached hydrogens (tertiary/aromatic N) is 2. The van der Waals surface area contributed by atoms with Crippen LogP contribution in [-0.2, 0) is 11.2 Å². The minimum atomic E-state index is -0.713. The van der Waals surface area contributed by atoms with Crippen molar-refractivity contribution >= 4 is 17.5 Å². The van der Waals surface area contributed by atoms with Crippen LogP contribution in [0.2, 0.25) is 0 Å². The number of hydrogen-bond donors (Lipinski definition) is 3. The fraction of sp³-hybridized carbons (Fsp3) is 0.333. The number of carbonyl (C=O) groups is 2. The summed E-state index contributed by atoms with van der Waals surface area (Å²) in [6.45, 7) is 1.89. The van der Waals surface area contributed by atoms with Crippen LogP contribution in [0.3, 0.4) is 0 Å². The van der Waals surface area contributed by atoms with E-state index in [0.29, 0.717) is 30.2 Å². The topological polar surface area (TPSA) is 107 Å². The van der Waals surface area contributed by atoms with Gasteiger partial charge in [-0.3, -0.25) is 9.59 Å². The molecule has 2 aromatic rings. The van der Waals surface area contributed by atoms with E-state index in [1.807, 2.05) is 25.1 Å². The monoisotopic (exact) mass is 455 g/mol. The summed E-state index contributed by atoms with van der Waals surface area (Å²) < 4.78 is 18.4. The Balaban J connectivity index is 2.21. The molecule has 0 aromatic heterocycles. The highest BCUT2D eigenvalue weighted by molar-refractivity contribution is 5.95. The van der Waals surface area contributed by atoms with Crippen molar-refractivity contribution in [2.75, 3.05) is 38.3 Å². The van der Waals surface area contributed by atoms with Gasteiger partial charge >= 0.3 is 0 Å². The second kappa shape index (κ2) is 13.6. The minimum absolute atomic E-state index is 0.160. The molecule has 3 N–H and O–H groups in total. The summed E-state index contributed by atoms with van der Waals surface area (Å²) in [6.07, 6.45) is 2.98. The van der Waals surface area contributed by atoms with Crippen LogP contribution in [0.4, 0.5) is 10.1 Å². The molecular weight excluding hydrogens is 425 g/mol. The van der Waals surface area contributed by atoms with Crippen LogP contribution in [0.15, 0.2) is 65.5 Å². The molecule has 0 aliphatic rings. The van der Waals surface area contributed by atoms with Crippen LogP contribution in [0.5, 0.6) is 5.75 Å². The molecule has 2 amide bonds. The van der Waals surface area contributed by atoms with Crippen molar-refractivity contribution in [2.45, 2.75) is 19.8 Å². The predicted molar refractivity (Wildman–Crippen MR) is 125 cm³/mol. The maximum atomic E-state index is 12.3. The van der Waals surface area contributed by atoms with E-state index in [-0.39, 0.29) is 18.1 Å². The highest BCUT2D eigenvalue weighted by atomic mass is 19.1. The van der Waals surface area contributed by atoms with Gasteiger partial charge in [-0.25, -0.2) is 9.92 Å². The molecule has 0 saturated heterocycles. The summed E-state index contributed by atoms with van der Waals surface area (Å²) in [7, 11) is 1.67. The Hall–Kier alpha value is -3.75. The van der Waals surface area contributed by atoms with E-state index >= 15 is 0 Å². The number of hydrogen-bond acceptors (Lipinski definition) is 6. The molecule has 9 heteroatoms. The maximum Gasteiger partial charge on any atom is 0.273 e. The van der Waals surface area contributed by atoms with E-state index < -0.39 is 12.6 Å². The van der Waals surface area contributed by atoms with Crippen molar-refractivity contribution in [2.24, 2.45) is 5.11 Å². The number of carbonyl (C=O) groups excluding carboxylic acids is 2. The molecule has 0 bridgehead atoms. The van der Waals surface area contributed by atoms with E-state index in [9.17, 15) is 14.0 Å². The molecule has 0 atom stereocenters. The SMILES string of the molecule is CCNC(=O)c1ccc(N(C)/C=C(\N=N)C(=O)NCCF)c(OCCCc2ccccc2)c1. The number of benzene rings is 2. The Morgan fingerprint density at radius 1 is 1.18 bits per heavy atom. The van der Waals surface area contributed by atoms with Crippen LogP contribution in [0.1, 0.15) is 29.3 Å². The third kappa shape index (κ3) is 8.03. The zero-order valence-electron chi connectivity index (χ0n) is 18.9. The first kappa shape index (κ1) is 25.5. The molecule has 0 unspecified atom stereocenters. The fourth-order valence-corrected chi connectivity index (χ4v) is 3.07. The van der Waals surface area contributed by atoms with Crippen LogP contribution in [-0.4, -0.2) is 45.2 Å². The highest BCUT2D eigenvalue weighted by Gasteiger charge is 2.15. The lowest BCUT2D eigenvalue weighted by molar-refractivity contribution is -0.117. The molecule has 0 radical (unpaired) electrons. The van der Waals surface area contributed by atoms with Crippen LogP contribution < -0.4 is 20.3 Å². The Labute approximate surface area is 193 Å². The standard InChI is InChI=1S/C24H30FN5O3/c1-3-27-23(31)19-11-12-21(30(2)17-20(29-26)24(32)28-14-13-25)22(16-19)33-15-7-10-18-8-5-4-6-9-18/h4-6,8-9,11-12,16-17,26H,3,7,10,13-15H2,1-2H3,(H,27,31)(H,28,32)/b20-17-,29-26?. The first-order valence-electron chi connectivity index (χ1n) is 10.7. The number of nitrogens with one attached hydrogen (secondary N) is 3. The molecule has 0 aliphatic carbocycles. The van der Waals surface area contributed by atoms with Crippen LogP contribution in [0.25, 0.3) is 0 Å². The highest BCUT2D eigenvalue weighted by Crippen LogP contribution is 2.30. The van der Waals surface area contributed by atoms with Gasteiger partial charge in [0.05, 0.1) is 12.3 Å². The van der Waals surface area contributed by atoms with E-state index in [1.54, 1.807) is 30.1 Å². The smallest absolute Gasteiger partial charge is 0.273 e. The van der Waals surface area contributed by atoms with Gasteiger partial charge in [-0.05, 0) is 43.5 Å². The largest absolute Gasteiger partial charge is 0.491 e. The average molecular weight is 456 g/mol. The first-order chi connectivity index (χ1) is 16.0. The van der Waals surface area contributed by atoms with Gasteiger partial charge in [0.15, 0.2) is 5.70 Å². The van der Waals surface area contributed by atoms with Gasteiger partial charge in [0, 0.05) is 31.9 Å². The second-order valence-corrected chi connectivity index (χ2v) is 7.16. The number of anilines is 1. The number of halogens is 1. The fourth-order valence-electron chi connectivity index (χ4n) is 3.07. The maximum absolute atomic E-state index is 12.3. The Kier molecular flexibility index (Phi) is 10.5. The lowest BCUT2D eigenvalue weighted by Gasteiger charge is -2.20. The second-order valence-electron chi connectivity index (χ2n) is 7.16. The van der Waals surface area contributed by atoms with Gasteiger partial charge in [-0.1, -0.05) is 30.3 Å². The van der Waals surface area contributed by atoms with Crippen LogP contribution in [0, 0.1) is 5.53 Å². The third-order valence-corrected chi connectivity index (χ3v) is 4.70. The molecule has 0 fully saturated rings. The van der Waals surface area contributed by atoms with Gasteiger partial charge < -0.3 is 20.3 Å². The minimum Gasteiger partial charge on any atom is -0.491 e. The molecule has 8 nitrogen and oxygen atoms in total. The first-order valence-corrected chi connectivity index (χ1v) is 10.7. The zero-order valence-corrected chi connectivity index (χ0v) is 18.9. The predicted octanol–water partition coefficient (Wildman–Crippen LogP) is 3.84. The summed E-state index contributed by atoms with van der Waals surface area (Å²) >= 11 is 0. The lowest BCUT2D eigenvalue weighted by Crippen LogP contribution is -2.27. The molecule has 33 heavy (non-hydrogen) atoms. The lowest BCUT2D eigenvalue weighted by atomic mass is 10.1. The molecule has 0 heterocycles. The van der Waals surface area contributed by atoms with E-state index in [1.165, 1.54) is 11.8 Å². The van der Waals surface area contributed by atoms with Gasteiger partial charge in [0.2, 0.25) is 0 Å². The van der Waals surface area contributed by atoms with E-state index in [0.717, 1.165) is 12.8 Å². The zero-order chi connectivity index (χ0) is 24.1. The molecule has 2 rings (SSSR count). The number of rotatable bonds is 13. The number of amides is 2. The number of aryl methyl sites for hydroxylation is 1. The summed E-state index contributed by atoms with van der Waals surface area (Å²) in [4.78, 5) is 25.9. The summed E-state index contributed by atoms with van der Waals surface area (Å²) in [5.41, 5.74) is 9.33. The Morgan fingerprint density at radius 2 is 1.94 bits per heavy atom. The van der Waals surface area contributed by atoms with Crippen molar-refractivity contribution < 1.29 is 18.7 Å². The van der Waals surface area contributed by atoms with Gasteiger partial charge in [0.1, 0.15) is 12.4 Å². The molecule has 0 saturated carbocycles. The number of ether oxygens (including phenoxy) is 1. The van der Waals surface area contributed by atoms with Crippen molar-refractivity contribution in [1.29, 1.82) is 5.53 Å². The van der Waals surface area contributed by atoms with Crippen molar-refractivity contribution in [3.8, 4) is 5.75 Å². The van der Waals surface area contributed by atoms with Gasteiger partial charge in [-0.2, -0.15) is 5.11 Å². The number of alkyl halides is 1. The van der Waals surface area contributed by atoms with Crippen molar-refractivity contribution in [3.05, 3.63) is 71.6 Å². The summed E-state index contributed by atoms with van der Waals surface area (Å²) in [6, 6.07) is 15.1. The molecule has 0 aliphatic heterocycles. The third-order valence-electron chi connectivity index (χ3n) is 4.70. The molecule has 2 aromatic carbocycles. The molecule has 176 valence electrons. The van der Waals surface area contributed by atoms with Crippen molar-refractivity contribution in [3.63, 3.8) is 0 Å². The van der Waals surface area contributed by atoms with E-state index in [4.69, 9.17) is 10.3 Å². The summed E-state index contributed by atoms with van der Waals surface area (Å²) in [5.74, 6) is -0.415. The van der Waals surface area contributed by atoms with Crippen molar-refractivity contribution in [1.82, 2.24) is 10.6 Å².